The molecule has 2 unspecified atom stereocenters. The predicted molar refractivity (Wildman–Crippen MR) is 68.8 cm³/mol. The van der Waals surface area contributed by atoms with Gasteiger partial charge in [-0.3, -0.25) is 4.79 Å². The molecule has 0 amide bonds. The van der Waals surface area contributed by atoms with Gasteiger partial charge < -0.3 is 15.2 Å². The van der Waals surface area contributed by atoms with Gasteiger partial charge in [-0.15, -0.1) is 0 Å². The molecule has 0 rings (SSSR count). The summed E-state index contributed by atoms with van der Waals surface area (Å²) in [6.07, 6.45) is 3.54. The van der Waals surface area contributed by atoms with Gasteiger partial charge >= 0.3 is 5.97 Å². The van der Waals surface area contributed by atoms with Crippen molar-refractivity contribution >= 4 is 5.97 Å². The summed E-state index contributed by atoms with van der Waals surface area (Å²) in [5.74, 6) is 0.266. The van der Waals surface area contributed by atoms with Crippen LogP contribution in [0.25, 0.3) is 0 Å². The Morgan fingerprint density at radius 1 is 1.29 bits per heavy atom. The third-order valence-corrected chi connectivity index (χ3v) is 2.92. The minimum atomic E-state index is -0.201. The lowest BCUT2D eigenvalue weighted by Gasteiger charge is -2.20. The predicted octanol–water partition coefficient (Wildman–Crippen LogP) is 1.72. The van der Waals surface area contributed by atoms with E-state index in [-0.39, 0.29) is 18.6 Å². The minimum Gasteiger partial charge on any atom is -0.465 e. The van der Waals surface area contributed by atoms with Gasteiger partial charge in [-0.2, -0.15) is 0 Å². The molecule has 102 valence electrons. The number of carbonyl (C=O) groups is 1. The van der Waals surface area contributed by atoms with Crippen molar-refractivity contribution in [2.75, 3.05) is 19.8 Å². The van der Waals surface area contributed by atoms with Gasteiger partial charge in [-0.05, 0) is 32.2 Å². The molecule has 0 aliphatic heterocycles. The zero-order chi connectivity index (χ0) is 13.1. The number of carbonyl (C=O) groups excluding carboxylic acids is 1. The van der Waals surface area contributed by atoms with Gasteiger partial charge in [0.25, 0.3) is 0 Å². The molecule has 0 heterocycles. The van der Waals surface area contributed by atoms with E-state index in [2.05, 4.69) is 19.2 Å². The maximum Gasteiger partial charge on any atom is 0.323 e. The molecule has 4 heteroatoms. The molecule has 2 N–H and O–H groups in total. The van der Waals surface area contributed by atoms with Crippen molar-refractivity contribution in [1.29, 1.82) is 0 Å². The van der Waals surface area contributed by atoms with Crippen molar-refractivity contribution in [1.82, 2.24) is 5.32 Å². The number of aliphatic hydroxyl groups excluding tert-OH is 1. The molecule has 4 nitrogen and oxygen atoms in total. The van der Waals surface area contributed by atoms with Crippen molar-refractivity contribution in [2.45, 2.75) is 52.5 Å². The lowest BCUT2D eigenvalue weighted by molar-refractivity contribution is -0.145. The highest BCUT2D eigenvalue weighted by Gasteiger charge is 2.19. The van der Waals surface area contributed by atoms with E-state index in [0.717, 1.165) is 32.2 Å². The molecular formula is C13H27NO3. The highest BCUT2D eigenvalue weighted by Crippen LogP contribution is 2.08. The topological polar surface area (TPSA) is 58.6 Å². The van der Waals surface area contributed by atoms with Crippen LogP contribution in [0, 0.1) is 5.92 Å². The van der Waals surface area contributed by atoms with Crippen LogP contribution in [0.1, 0.15) is 46.5 Å². The first kappa shape index (κ1) is 16.4. The van der Waals surface area contributed by atoms with Crippen LogP contribution in [0.4, 0.5) is 0 Å². The third-order valence-electron chi connectivity index (χ3n) is 2.92. The number of nitrogens with one attached hydrogen (secondary N) is 1. The van der Waals surface area contributed by atoms with Crippen molar-refractivity contribution < 1.29 is 14.6 Å². The molecule has 0 spiro atoms. The first-order valence-electron chi connectivity index (χ1n) is 6.70. The molecule has 2 atom stereocenters. The van der Waals surface area contributed by atoms with Crippen molar-refractivity contribution in [3.05, 3.63) is 0 Å². The number of esters is 1. The van der Waals surface area contributed by atoms with E-state index >= 15 is 0 Å². The Hall–Kier alpha value is -0.610. The molecule has 0 saturated heterocycles. The Bertz CT molecular complexity index is 197. The van der Waals surface area contributed by atoms with Gasteiger partial charge in [0.1, 0.15) is 6.04 Å². The molecule has 0 aromatic carbocycles. The van der Waals surface area contributed by atoms with E-state index in [0.29, 0.717) is 12.5 Å². The van der Waals surface area contributed by atoms with Crippen molar-refractivity contribution in [2.24, 2.45) is 5.92 Å². The van der Waals surface area contributed by atoms with Gasteiger partial charge in [-0.1, -0.05) is 26.7 Å². The van der Waals surface area contributed by atoms with Crippen LogP contribution >= 0.6 is 0 Å². The van der Waals surface area contributed by atoms with Gasteiger partial charge in [0.05, 0.1) is 6.61 Å². The van der Waals surface area contributed by atoms with Crippen LogP contribution in [0.3, 0.4) is 0 Å². The van der Waals surface area contributed by atoms with E-state index in [4.69, 9.17) is 9.84 Å². The Balaban J connectivity index is 4.09. The average Bonchev–Trinajstić information content (AvgIpc) is 2.32. The van der Waals surface area contributed by atoms with E-state index in [9.17, 15) is 4.79 Å². The molecule has 17 heavy (non-hydrogen) atoms. The van der Waals surface area contributed by atoms with Crippen LogP contribution < -0.4 is 5.32 Å². The lowest BCUT2D eigenvalue weighted by Crippen LogP contribution is -2.40. The number of rotatable bonds is 10. The molecule has 0 aromatic rings. The monoisotopic (exact) mass is 245 g/mol. The molecule has 0 aliphatic rings. The summed E-state index contributed by atoms with van der Waals surface area (Å²) in [6.45, 7) is 7.37. The summed E-state index contributed by atoms with van der Waals surface area (Å²) in [5, 5.41) is 12.2. The first-order chi connectivity index (χ1) is 8.19. The van der Waals surface area contributed by atoms with Gasteiger partial charge in [0, 0.05) is 6.61 Å². The Morgan fingerprint density at radius 3 is 2.47 bits per heavy atom. The smallest absolute Gasteiger partial charge is 0.323 e. The average molecular weight is 245 g/mol. The first-order valence-corrected chi connectivity index (χ1v) is 6.70. The second-order valence-corrected chi connectivity index (χ2v) is 4.29. The molecule has 0 aromatic heterocycles. The molecule has 0 bridgehead atoms. The van der Waals surface area contributed by atoms with Crippen LogP contribution in [-0.4, -0.2) is 36.9 Å². The largest absolute Gasteiger partial charge is 0.465 e. The fourth-order valence-electron chi connectivity index (χ4n) is 1.78. The summed E-state index contributed by atoms with van der Waals surface area (Å²) in [7, 11) is 0. The maximum absolute atomic E-state index is 11.7. The maximum atomic E-state index is 11.7. The van der Waals surface area contributed by atoms with Gasteiger partial charge in [0.2, 0.25) is 0 Å². The van der Waals surface area contributed by atoms with Crippen molar-refractivity contribution in [3.8, 4) is 0 Å². The Kier molecular flexibility index (Phi) is 10.2. The van der Waals surface area contributed by atoms with Crippen LogP contribution in [-0.2, 0) is 9.53 Å². The lowest BCUT2D eigenvalue weighted by atomic mass is 10.0. The number of aliphatic hydroxyl groups is 1. The molecule has 0 fully saturated rings. The Labute approximate surface area is 105 Å². The minimum absolute atomic E-state index is 0.159. The zero-order valence-corrected chi connectivity index (χ0v) is 11.4. The number of hydrogen-bond acceptors (Lipinski definition) is 4. The van der Waals surface area contributed by atoms with E-state index < -0.39 is 0 Å². The highest BCUT2D eigenvalue weighted by atomic mass is 16.5. The van der Waals surface area contributed by atoms with E-state index in [1.807, 2.05) is 6.92 Å². The fraction of sp³-hybridized carbons (Fsp3) is 0.923. The SMILES string of the molecule is CCCC(NCC(CC)CCO)C(=O)OCC. The zero-order valence-electron chi connectivity index (χ0n) is 11.4. The summed E-state index contributed by atoms with van der Waals surface area (Å²) < 4.78 is 5.03. The number of ether oxygens (including phenoxy) is 1. The number of hydrogen-bond donors (Lipinski definition) is 2. The van der Waals surface area contributed by atoms with Crippen molar-refractivity contribution in [3.63, 3.8) is 0 Å². The third kappa shape index (κ3) is 7.34. The van der Waals surface area contributed by atoms with Gasteiger partial charge in [0.15, 0.2) is 0 Å². The van der Waals surface area contributed by atoms with Crippen LogP contribution in [0.15, 0.2) is 0 Å². The van der Waals surface area contributed by atoms with Gasteiger partial charge in [-0.25, -0.2) is 0 Å². The molecule has 0 aliphatic carbocycles. The standard InChI is InChI=1S/C13H27NO3/c1-4-7-12(13(16)17-6-3)14-10-11(5-2)8-9-15/h11-12,14-15H,4-10H2,1-3H3. The highest BCUT2D eigenvalue weighted by molar-refractivity contribution is 5.75. The van der Waals surface area contributed by atoms with Crippen LogP contribution in [0.5, 0.6) is 0 Å². The molecule has 0 saturated carbocycles. The molecular weight excluding hydrogens is 218 g/mol. The Morgan fingerprint density at radius 2 is 2.00 bits per heavy atom. The summed E-state index contributed by atoms with van der Waals surface area (Å²) in [6, 6.07) is -0.201. The molecule has 0 radical (unpaired) electrons. The second-order valence-electron chi connectivity index (χ2n) is 4.29. The normalized spacial score (nSPS) is 14.4. The van der Waals surface area contributed by atoms with Crippen LogP contribution in [0.2, 0.25) is 0 Å². The second kappa shape index (κ2) is 10.5. The summed E-state index contributed by atoms with van der Waals surface area (Å²) >= 11 is 0. The van der Waals surface area contributed by atoms with E-state index in [1.54, 1.807) is 0 Å². The summed E-state index contributed by atoms with van der Waals surface area (Å²) in [4.78, 5) is 11.7. The van der Waals surface area contributed by atoms with E-state index in [1.165, 1.54) is 0 Å². The quantitative estimate of drug-likeness (QED) is 0.575. The summed E-state index contributed by atoms with van der Waals surface area (Å²) in [5.41, 5.74) is 0. The fourth-order valence-corrected chi connectivity index (χ4v) is 1.78.